The highest BCUT2D eigenvalue weighted by atomic mass is 35.5. The number of allylic oxidation sites excluding steroid dienone is 1. The Hall–Kier alpha value is -0.860. The number of aromatic nitrogens is 1. The minimum atomic E-state index is 0.613. The Labute approximate surface area is 114 Å². The van der Waals surface area contributed by atoms with E-state index in [0.717, 1.165) is 5.56 Å². The summed E-state index contributed by atoms with van der Waals surface area (Å²) in [5, 5.41) is 0. The molecule has 18 heavy (non-hydrogen) atoms. The van der Waals surface area contributed by atoms with E-state index in [9.17, 15) is 0 Å². The molecule has 0 atom stereocenters. The summed E-state index contributed by atoms with van der Waals surface area (Å²) in [5.41, 5.74) is 4.02. The third-order valence-electron chi connectivity index (χ3n) is 3.69. The van der Waals surface area contributed by atoms with E-state index < -0.39 is 0 Å². The molecule has 1 aromatic rings. The van der Waals surface area contributed by atoms with Gasteiger partial charge in [-0.1, -0.05) is 23.7 Å². The summed E-state index contributed by atoms with van der Waals surface area (Å²) in [7, 11) is 1.71. The number of hydrogen-bond acceptors (Lipinski definition) is 2. The van der Waals surface area contributed by atoms with Crippen molar-refractivity contribution in [2.45, 2.75) is 38.2 Å². The third-order valence-corrected chi connectivity index (χ3v) is 3.84. The first-order chi connectivity index (χ1) is 8.83. The lowest BCUT2D eigenvalue weighted by Crippen LogP contribution is -2.12. The van der Waals surface area contributed by atoms with Crippen LogP contribution in [0.25, 0.3) is 0 Å². The Morgan fingerprint density at radius 1 is 1.33 bits per heavy atom. The summed E-state index contributed by atoms with van der Waals surface area (Å²) in [4.78, 5) is 4.57. The van der Waals surface area contributed by atoms with E-state index in [0.29, 0.717) is 18.4 Å². The second-order valence-corrected chi connectivity index (χ2v) is 5.21. The average Bonchev–Trinajstić information content (AvgIpc) is 2.41. The number of methoxy groups -OCH3 is 1. The molecule has 3 heteroatoms. The lowest BCUT2D eigenvalue weighted by atomic mass is 9.80. The number of ether oxygens (including phenoxy) is 1. The van der Waals surface area contributed by atoms with E-state index in [2.05, 4.69) is 23.2 Å². The molecule has 1 aromatic heterocycles. The maximum Gasteiger partial charge on any atom is 0.0728 e. The van der Waals surface area contributed by atoms with Crippen molar-refractivity contribution < 1.29 is 4.74 Å². The van der Waals surface area contributed by atoms with E-state index in [1.807, 2.05) is 6.20 Å². The number of pyridine rings is 1. The van der Waals surface area contributed by atoms with Crippen molar-refractivity contribution in [1.82, 2.24) is 4.98 Å². The molecule has 2 nitrogen and oxygen atoms in total. The van der Waals surface area contributed by atoms with E-state index in [4.69, 9.17) is 16.3 Å². The average molecular weight is 266 g/mol. The topological polar surface area (TPSA) is 22.1 Å². The number of nitrogens with zero attached hydrogens (tertiary/aromatic N) is 1. The van der Waals surface area contributed by atoms with Crippen LogP contribution in [-0.4, -0.2) is 12.1 Å². The zero-order valence-electron chi connectivity index (χ0n) is 10.8. The second kappa shape index (κ2) is 6.91. The summed E-state index contributed by atoms with van der Waals surface area (Å²) in [6.07, 6.45) is 8.91. The fraction of sp³-hybridized carbons (Fsp3) is 0.533. The van der Waals surface area contributed by atoms with Crippen molar-refractivity contribution >= 4 is 11.6 Å². The maximum atomic E-state index is 5.63. The standard InChI is InChI=1S/C15H20ClNO/c1-18-11-13-4-7-15(17-10-13)14-5-2-12(3-6-14)8-9-16/h4,7-10,12,14H,2-3,5-6,11H2,1H3/b9-8+. The van der Waals surface area contributed by atoms with E-state index >= 15 is 0 Å². The summed E-state index contributed by atoms with van der Waals surface area (Å²) in [6, 6.07) is 4.27. The summed E-state index contributed by atoms with van der Waals surface area (Å²) >= 11 is 5.63. The molecular weight excluding hydrogens is 246 g/mol. The van der Waals surface area contributed by atoms with Crippen molar-refractivity contribution in [3.05, 3.63) is 41.2 Å². The third kappa shape index (κ3) is 3.56. The van der Waals surface area contributed by atoms with Gasteiger partial charge < -0.3 is 4.74 Å². The van der Waals surface area contributed by atoms with Crippen molar-refractivity contribution in [1.29, 1.82) is 0 Å². The molecule has 0 N–H and O–H groups in total. The van der Waals surface area contributed by atoms with Gasteiger partial charge in [0.05, 0.1) is 6.61 Å². The van der Waals surface area contributed by atoms with E-state index in [1.165, 1.54) is 31.4 Å². The zero-order chi connectivity index (χ0) is 12.8. The summed E-state index contributed by atoms with van der Waals surface area (Å²) in [6.45, 7) is 0.639. The Bertz CT molecular complexity index is 380. The normalized spacial score (nSPS) is 24.6. The smallest absolute Gasteiger partial charge is 0.0728 e. The van der Waals surface area contributed by atoms with Gasteiger partial charge >= 0.3 is 0 Å². The highest BCUT2D eigenvalue weighted by Gasteiger charge is 2.21. The van der Waals surface area contributed by atoms with Crippen LogP contribution in [0.5, 0.6) is 0 Å². The molecule has 1 aliphatic rings. The first kappa shape index (κ1) is 13.6. The lowest BCUT2D eigenvalue weighted by Gasteiger charge is -2.26. The molecule has 0 bridgehead atoms. The van der Waals surface area contributed by atoms with Crippen molar-refractivity contribution in [3.63, 3.8) is 0 Å². The zero-order valence-corrected chi connectivity index (χ0v) is 11.6. The van der Waals surface area contributed by atoms with Gasteiger partial charge in [0.25, 0.3) is 0 Å². The number of hydrogen-bond donors (Lipinski definition) is 0. The SMILES string of the molecule is COCc1ccc(C2CCC(/C=C/Cl)CC2)nc1. The van der Waals surface area contributed by atoms with Gasteiger partial charge in [-0.05, 0) is 43.2 Å². The van der Waals surface area contributed by atoms with Crippen LogP contribution in [0.3, 0.4) is 0 Å². The van der Waals surface area contributed by atoms with Crippen LogP contribution in [0.1, 0.15) is 42.9 Å². The monoisotopic (exact) mass is 265 g/mol. The van der Waals surface area contributed by atoms with Crippen molar-refractivity contribution in [3.8, 4) is 0 Å². The molecule has 0 aliphatic heterocycles. The highest BCUT2D eigenvalue weighted by Crippen LogP contribution is 2.35. The van der Waals surface area contributed by atoms with E-state index in [-0.39, 0.29) is 0 Å². The Kier molecular flexibility index (Phi) is 5.21. The molecule has 1 saturated carbocycles. The molecular formula is C15H20ClNO. The molecule has 0 amide bonds. The first-order valence-electron chi connectivity index (χ1n) is 6.54. The van der Waals surface area contributed by atoms with Crippen LogP contribution in [0.4, 0.5) is 0 Å². The number of halogens is 1. The van der Waals surface area contributed by atoms with Crippen molar-refractivity contribution in [2.24, 2.45) is 5.92 Å². The quantitative estimate of drug-likeness (QED) is 0.812. The molecule has 0 spiro atoms. The van der Waals surface area contributed by atoms with Crippen molar-refractivity contribution in [2.75, 3.05) is 7.11 Å². The van der Waals surface area contributed by atoms with Gasteiger partial charge in [-0.25, -0.2) is 0 Å². The molecule has 0 saturated heterocycles. The van der Waals surface area contributed by atoms with Crippen LogP contribution in [0, 0.1) is 5.92 Å². The van der Waals surface area contributed by atoms with Crippen LogP contribution >= 0.6 is 11.6 Å². The van der Waals surface area contributed by atoms with E-state index in [1.54, 1.807) is 12.6 Å². The lowest BCUT2D eigenvalue weighted by molar-refractivity contribution is 0.184. The fourth-order valence-corrected chi connectivity index (χ4v) is 2.85. The van der Waals surface area contributed by atoms with Gasteiger partial charge in [0.1, 0.15) is 0 Å². The van der Waals surface area contributed by atoms with Gasteiger partial charge in [-0.3, -0.25) is 4.98 Å². The first-order valence-corrected chi connectivity index (χ1v) is 6.97. The van der Waals surface area contributed by atoms with Gasteiger partial charge in [-0.15, -0.1) is 0 Å². The maximum absolute atomic E-state index is 5.63. The van der Waals surface area contributed by atoms with Crippen LogP contribution in [0.15, 0.2) is 29.9 Å². The molecule has 1 heterocycles. The molecule has 98 valence electrons. The van der Waals surface area contributed by atoms with Gasteiger partial charge in [0.2, 0.25) is 0 Å². The Balaban J connectivity index is 1.92. The molecule has 0 aromatic carbocycles. The molecule has 1 aliphatic carbocycles. The number of rotatable bonds is 4. The fourth-order valence-electron chi connectivity index (χ4n) is 2.64. The molecule has 2 rings (SSSR count). The van der Waals surface area contributed by atoms with Crippen LogP contribution < -0.4 is 0 Å². The second-order valence-electron chi connectivity index (χ2n) is 4.95. The molecule has 0 unspecified atom stereocenters. The minimum absolute atomic E-state index is 0.613. The largest absolute Gasteiger partial charge is 0.380 e. The van der Waals surface area contributed by atoms with Gasteiger partial charge in [0.15, 0.2) is 0 Å². The van der Waals surface area contributed by atoms with Gasteiger partial charge in [0, 0.05) is 30.5 Å². The minimum Gasteiger partial charge on any atom is -0.380 e. The summed E-state index contributed by atoms with van der Waals surface area (Å²) in [5.74, 6) is 1.27. The highest BCUT2D eigenvalue weighted by molar-refractivity contribution is 6.25. The summed E-state index contributed by atoms with van der Waals surface area (Å²) < 4.78 is 5.09. The van der Waals surface area contributed by atoms with Crippen LogP contribution in [0.2, 0.25) is 0 Å². The predicted octanol–water partition coefficient (Wildman–Crippen LogP) is 4.25. The van der Waals surface area contributed by atoms with Gasteiger partial charge in [-0.2, -0.15) is 0 Å². The molecule has 1 fully saturated rings. The molecule has 0 radical (unpaired) electrons. The Morgan fingerprint density at radius 3 is 2.67 bits per heavy atom. The predicted molar refractivity (Wildman–Crippen MR) is 74.6 cm³/mol. The Morgan fingerprint density at radius 2 is 2.11 bits per heavy atom. The van der Waals surface area contributed by atoms with Crippen LogP contribution in [-0.2, 0) is 11.3 Å².